The summed E-state index contributed by atoms with van der Waals surface area (Å²) in [6.07, 6.45) is 0.958. The van der Waals surface area contributed by atoms with Crippen molar-refractivity contribution in [2.75, 3.05) is 24.0 Å². The Labute approximate surface area is 196 Å². The molecule has 0 bridgehead atoms. The van der Waals surface area contributed by atoms with Crippen LogP contribution in [0.25, 0.3) is 0 Å². The summed E-state index contributed by atoms with van der Waals surface area (Å²) in [5.74, 6) is 0.324. The van der Waals surface area contributed by atoms with Crippen LogP contribution in [0.2, 0.25) is 0 Å². The first-order chi connectivity index (χ1) is 15.8. The van der Waals surface area contributed by atoms with E-state index in [2.05, 4.69) is 12.2 Å². The van der Waals surface area contributed by atoms with Crippen molar-refractivity contribution in [3.05, 3.63) is 89.5 Å². The van der Waals surface area contributed by atoms with Crippen molar-refractivity contribution < 1.29 is 17.9 Å². The Bertz CT molecular complexity index is 1180. The number of carbonyl (C=O) groups excluding carboxylic acids is 1. The van der Waals surface area contributed by atoms with Crippen molar-refractivity contribution in [1.82, 2.24) is 5.32 Å². The van der Waals surface area contributed by atoms with Crippen molar-refractivity contribution in [2.24, 2.45) is 0 Å². The summed E-state index contributed by atoms with van der Waals surface area (Å²) in [6.45, 7) is 6.09. The summed E-state index contributed by atoms with van der Waals surface area (Å²) in [4.78, 5) is 12.8. The van der Waals surface area contributed by atoms with Crippen molar-refractivity contribution in [1.29, 1.82) is 0 Å². The van der Waals surface area contributed by atoms with Gasteiger partial charge in [0.1, 0.15) is 18.9 Å². The molecule has 0 aliphatic carbocycles. The average molecular weight is 467 g/mol. The number of aryl methyl sites for hydroxylation is 3. The van der Waals surface area contributed by atoms with E-state index in [-0.39, 0.29) is 24.6 Å². The SMILES string of the molecule is CCc1ccc(OCCNC(=O)CN(c2ccc(C)cc2C)S(=O)(=O)c2ccccc2)cc1. The first-order valence-corrected chi connectivity index (χ1v) is 12.4. The molecule has 0 radical (unpaired) electrons. The van der Waals surface area contributed by atoms with Gasteiger partial charge in [0.25, 0.3) is 10.0 Å². The number of nitrogens with one attached hydrogen (secondary N) is 1. The summed E-state index contributed by atoms with van der Waals surface area (Å²) in [5, 5.41) is 2.76. The molecule has 3 aromatic rings. The minimum absolute atomic E-state index is 0.136. The van der Waals surface area contributed by atoms with Gasteiger partial charge in [-0.05, 0) is 61.7 Å². The highest BCUT2D eigenvalue weighted by atomic mass is 32.2. The molecule has 0 saturated heterocycles. The minimum Gasteiger partial charge on any atom is -0.492 e. The number of sulfonamides is 1. The third kappa shape index (κ3) is 6.35. The smallest absolute Gasteiger partial charge is 0.264 e. The Morgan fingerprint density at radius 2 is 1.67 bits per heavy atom. The van der Waals surface area contributed by atoms with E-state index in [1.807, 2.05) is 50.2 Å². The Hall–Kier alpha value is -3.32. The van der Waals surface area contributed by atoms with Gasteiger partial charge in [-0.25, -0.2) is 8.42 Å². The van der Waals surface area contributed by atoms with E-state index < -0.39 is 15.9 Å². The van der Waals surface area contributed by atoms with Crippen LogP contribution >= 0.6 is 0 Å². The van der Waals surface area contributed by atoms with Gasteiger partial charge in [0, 0.05) is 0 Å². The second-order valence-electron chi connectivity index (χ2n) is 7.81. The van der Waals surface area contributed by atoms with E-state index in [0.29, 0.717) is 5.69 Å². The van der Waals surface area contributed by atoms with Crippen molar-refractivity contribution in [2.45, 2.75) is 32.1 Å². The third-order valence-corrected chi connectivity index (χ3v) is 7.04. The van der Waals surface area contributed by atoms with Gasteiger partial charge < -0.3 is 10.1 Å². The Kier molecular flexibility index (Phi) is 8.11. The molecule has 0 saturated carbocycles. The molecule has 7 heteroatoms. The van der Waals surface area contributed by atoms with Crippen LogP contribution in [0, 0.1) is 13.8 Å². The number of anilines is 1. The summed E-state index contributed by atoms with van der Waals surface area (Å²) in [7, 11) is -3.92. The maximum Gasteiger partial charge on any atom is 0.264 e. The maximum absolute atomic E-state index is 13.4. The Morgan fingerprint density at radius 3 is 2.30 bits per heavy atom. The van der Waals surface area contributed by atoms with Gasteiger partial charge >= 0.3 is 0 Å². The quantitative estimate of drug-likeness (QED) is 0.453. The number of hydrogen-bond acceptors (Lipinski definition) is 4. The van der Waals surface area contributed by atoms with E-state index in [4.69, 9.17) is 4.74 Å². The minimum atomic E-state index is -3.92. The number of carbonyl (C=O) groups is 1. The van der Waals surface area contributed by atoms with Gasteiger partial charge in [-0.3, -0.25) is 9.10 Å². The highest BCUT2D eigenvalue weighted by molar-refractivity contribution is 7.92. The van der Waals surface area contributed by atoms with E-state index in [9.17, 15) is 13.2 Å². The summed E-state index contributed by atoms with van der Waals surface area (Å²) in [5.41, 5.74) is 3.50. The van der Waals surface area contributed by atoms with Crippen LogP contribution in [-0.2, 0) is 21.2 Å². The number of nitrogens with zero attached hydrogens (tertiary/aromatic N) is 1. The fourth-order valence-electron chi connectivity index (χ4n) is 3.47. The molecule has 1 N–H and O–H groups in total. The number of hydrogen-bond donors (Lipinski definition) is 1. The highest BCUT2D eigenvalue weighted by Gasteiger charge is 2.28. The van der Waals surface area contributed by atoms with Crippen LogP contribution in [0.1, 0.15) is 23.6 Å². The van der Waals surface area contributed by atoms with Crippen LogP contribution in [0.3, 0.4) is 0 Å². The largest absolute Gasteiger partial charge is 0.492 e. The summed E-state index contributed by atoms with van der Waals surface area (Å²) < 4.78 is 33.6. The average Bonchev–Trinajstić information content (AvgIpc) is 2.81. The zero-order chi connectivity index (χ0) is 23.8. The highest BCUT2D eigenvalue weighted by Crippen LogP contribution is 2.27. The van der Waals surface area contributed by atoms with Gasteiger partial charge in [-0.15, -0.1) is 0 Å². The van der Waals surface area contributed by atoms with E-state index in [1.165, 1.54) is 17.7 Å². The first kappa shape index (κ1) is 24.3. The molecule has 0 aromatic heterocycles. The second-order valence-corrected chi connectivity index (χ2v) is 9.67. The van der Waals surface area contributed by atoms with Crippen LogP contribution in [-0.4, -0.2) is 34.0 Å². The Balaban J connectivity index is 1.69. The number of ether oxygens (including phenoxy) is 1. The molecule has 1 amide bonds. The zero-order valence-corrected chi connectivity index (χ0v) is 20.1. The molecule has 0 aliphatic rings. The molecule has 3 aromatic carbocycles. The van der Waals surface area contributed by atoms with Crippen LogP contribution in [0.4, 0.5) is 5.69 Å². The lowest BCUT2D eigenvalue weighted by molar-refractivity contribution is -0.119. The Morgan fingerprint density at radius 1 is 0.970 bits per heavy atom. The van der Waals surface area contributed by atoms with Gasteiger partial charge in [0.2, 0.25) is 5.91 Å². The van der Waals surface area contributed by atoms with E-state index >= 15 is 0 Å². The number of rotatable bonds is 10. The van der Waals surface area contributed by atoms with Crippen LogP contribution in [0.15, 0.2) is 77.7 Å². The van der Waals surface area contributed by atoms with Gasteiger partial charge in [-0.1, -0.05) is 55.0 Å². The molecular formula is C26H30N2O4S. The topological polar surface area (TPSA) is 75.7 Å². The fourth-order valence-corrected chi connectivity index (χ4v) is 4.98. The van der Waals surface area contributed by atoms with Crippen molar-refractivity contribution in [3.8, 4) is 5.75 Å². The molecule has 0 spiro atoms. The van der Waals surface area contributed by atoms with Gasteiger partial charge in [0.15, 0.2) is 0 Å². The standard InChI is InChI=1S/C26H30N2O4S/c1-4-22-11-13-23(14-12-22)32-17-16-27-26(29)19-28(25-15-10-20(2)18-21(25)3)33(30,31)24-8-6-5-7-9-24/h5-15,18H,4,16-17,19H2,1-3H3,(H,27,29). The summed E-state index contributed by atoms with van der Waals surface area (Å²) >= 11 is 0. The fraction of sp³-hybridized carbons (Fsp3) is 0.269. The normalized spacial score (nSPS) is 11.1. The van der Waals surface area contributed by atoms with Crippen molar-refractivity contribution in [3.63, 3.8) is 0 Å². The van der Waals surface area contributed by atoms with Crippen LogP contribution < -0.4 is 14.4 Å². The molecule has 174 valence electrons. The van der Waals surface area contributed by atoms with Crippen molar-refractivity contribution >= 4 is 21.6 Å². The predicted octanol–water partition coefficient (Wildman–Crippen LogP) is 4.26. The monoisotopic (exact) mass is 466 g/mol. The second kappa shape index (κ2) is 11.0. The molecular weight excluding hydrogens is 436 g/mol. The third-order valence-electron chi connectivity index (χ3n) is 5.26. The molecule has 6 nitrogen and oxygen atoms in total. The molecule has 0 atom stereocenters. The molecule has 0 aliphatic heterocycles. The number of benzene rings is 3. The number of amides is 1. The van der Waals surface area contributed by atoms with Gasteiger partial charge in [-0.2, -0.15) is 0 Å². The molecule has 3 rings (SSSR count). The zero-order valence-electron chi connectivity index (χ0n) is 19.2. The van der Waals surface area contributed by atoms with E-state index in [0.717, 1.165) is 27.6 Å². The van der Waals surface area contributed by atoms with Crippen LogP contribution in [0.5, 0.6) is 5.75 Å². The molecule has 0 heterocycles. The van der Waals surface area contributed by atoms with E-state index in [1.54, 1.807) is 24.3 Å². The molecule has 0 fully saturated rings. The van der Waals surface area contributed by atoms with Gasteiger partial charge in [0.05, 0.1) is 17.1 Å². The summed E-state index contributed by atoms with van der Waals surface area (Å²) in [6, 6.07) is 21.4. The lowest BCUT2D eigenvalue weighted by atomic mass is 10.1. The lowest BCUT2D eigenvalue weighted by Gasteiger charge is -2.26. The molecule has 33 heavy (non-hydrogen) atoms. The maximum atomic E-state index is 13.4. The predicted molar refractivity (Wildman–Crippen MR) is 131 cm³/mol. The lowest BCUT2D eigenvalue weighted by Crippen LogP contribution is -2.42. The molecule has 0 unspecified atom stereocenters. The first-order valence-electron chi connectivity index (χ1n) is 10.9.